The van der Waals surface area contributed by atoms with Gasteiger partial charge in [0.2, 0.25) is 0 Å². The van der Waals surface area contributed by atoms with Crippen LogP contribution < -0.4 is 14.8 Å². The summed E-state index contributed by atoms with van der Waals surface area (Å²) < 4.78 is 25.5. The minimum atomic E-state index is -1.48. The van der Waals surface area contributed by atoms with Crippen LogP contribution in [0.1, 0.15) is 54.2 Å². The van der Waals surface area contributed by atoms with Crippen molar-refractivity contribution >= 4 is 16.8 Å². The van der Waals surface area contributed by atoms with E-state index >= 15 is 0 Å². The van der Waals surface area contributed by atoms with E-state index in [9.17, 15) is 14.3 Å². The lowest BCUT2D eigenvalue weighted by atomic mass is 9.94. The number of carbonyl (C=O) groups excluding carboxylic acids is 1. The number of hydrogen-bond acceptors (Lipinski definition) is 6. The number of halogens is 1. The van der Waals surface area contributed by atoms with Crippen molar-refractivity contribution in [3.05, 3.63) is 83.4 Å². The molecular formula is C30H28FN3O4. The number of carbonyl (C=O) groups is 1. The molecule has 1 saturated carbocycles. The minimum Gasteiger partial charge on any atom is -0.490 e. The van der Waals surface area contributed by atoms with Gasteiger partial charge in [0.1, 0.15) is 34.1 Å². The number of aromatic nitrogens is 2. The summed E-state index contributed by atoms with van der Waals surface area (Å²) in [4.78, 5) is 22.3. The first-order valence-corrected chi connectivity index (χ1v) is 12.8. The maximum Gasteiger partial charge on any atom is 0.251 e. The quantitative estimate of drug-likeness (QED) is 0.357. The molecule has 1 aliphatic heterocycles. The van der Waals surface area contributed by atoms with Crippen LogP contribution >= 0.6 is 0 Å². The number of rotatable bonds is 7. The van der Waals surface area contributed by atoms with Crippen LogP contribution in [0.25, 0.3) is 22.2 Å². The minimum absolute atomic E-state index is 0.0698. The molecule has 2 aromatic heterocycles. The van der Waals surface area contributed by atoms with E-state index in [0.29, 0.717) is 40.6 Å². The molecule has 194 valence electrons. The van der Waals surface area contributed by atoms with Crippen molar-refractivity contribution in [2.24, 2.45) is 0 Å². The second-order valence-electron chi connectivity index (χ2n) is 10.3. The van der Waals surface area contributed by atoms with Crippen molar-refractivity contribution in [3.8, 4) is 22.8 Å². The van der Waals surface area contributed by atoms with E-state index < -0.39 is 5.60 Å². The summed E-state index contributed by atoms with van der Waals surface area (Å²) >= 11 is 0. The third-order valence-electron chi connectivity index (χ3n) is 7.02. The van der Waals surface area contributed by atoms with Gasteiger partial charge in [-0.15, -0.1) is 0 Å². The van der Waals surface area contributed by atoms with Crippen LogP contribution in [0, 0.1) is 5.82 Å². The van der Waals surface area contributed by atoms with Crippen LogP contribution in [-0.2, 0) is 5.60 Å². The Hall–Kier alpha value is -4.04. The summed E-state index contributed by atoms with van der Waals surface area (Å²) in [5.41, 5.74) is 2.21. The van der Waals surface area contributed by atoms with Gasteiger partial charge in [-0.05, 0) is 68.3 Å². The summed E-state index contributed by atoms with van der Waals surface area (Å²) in [6, 6.07) is 15.0. The van der Waals surface area contributed by atoms with Crippen LogP contribution in [0.5, 0.6) is 11.5 Å². The van der Waals surface area contributed by atoms with E-state index in [1.54, 1.807) is 37.4 Å². The zero-order chi connectivity index (χ0) is 26.4. The highest BCUT2D eigenvalue weighted by Gasteiger charge is 2.33. The lowest BCUT2D eigenvalue weighted by Crippen LogP contribution is -2.39. The molecule has 4 aromatic rings. The molecule has 3 heterocycles. The van der Waals surface area contributed by atoms with Gasteiger partial charge in [0.15, 0.2) is 0 Å². The third kappa shape index (κ3) is 4.67. The number of hydrogen-bond donors (Lipinski definition) is 2. The van der Waals surface area contributed by atoms with Crippen LogP contribution in [0.3, 0.4) is 0 Å². The molecule has 2 atom stereocenters. The fourth-order valence-electron chi connectivity index (χ4n) is 4.64. The van der Waals surface area contributed by atoms with Crippen LogP contribution in [0.2, 0.25) is 0 Å². The molecule has 2 aromatic carbocycles. The van der Waals surface area contributed by atoms with E-state index in [4.69, 9.17) is 14.5 Å². The van der Waals surface area contributed by atoms with Crippen molar-refractivity contribution < 1.29 is 23.8 Å². The first-order chi connectivity index (χ1) is 18.3. The van der Waals surface area contributed by atoms with Crippen LogP contribution in [0.4, 0.5) is 4.39 Å². The Bertz CT molecular complexity index is 1530. The third-order valence-corrected chi connectivity index (χ3v) is 7.02. The lowest BCUT2D eigenvalue weighted by Gasteiger charge is -2.25. The van der Waals surface area contributed by atoms with Crippen molar-refractivity contribution in [2.75, 3.05) is 13.2 Å². The molecule has 2 aliphatic rings. The number of amides is 1. The highest BCUT2D eigenvalue weighted by atomic mass is 19.1. The first-order valence-electron chi connectivity index (χ1n) is 12.8. The SMILES string of the molecule is C[C@@H]1COc2c1cc([C@@](C)(O)CNC(=O)c1cc(OC3CC3)c3ncccc3c1)nc2-c1ccc(F)cc1. The van der Waals surface area contributed by atoms with Crippen LogP contribution in [-0.4, -0.2) is 40.2 Å². The molecule has 2 N–H and O–H groups in total. The Morgan fingerprint density at radius 1 is 1.21 bits per heavy atom. The van der Waals surface area contributed by atoms with E-state index in [1.165, 1.54) is 12.1 Å². The van der Waals surface area contributed by atoms with Crippen LogP contribution in [0.15, 0.2) is 60.8 Å². The molecule has 0 saturated heterocycles. The Labute approximate surface area is 219 Å². The normalized spacial score (nSPS) is 17.9. The molecule has 1 fully saturated rings. The Morgan fingerprint density at radius 3 is 2.76 bits per heavy atom. The molecule has 0 unspecified atom stereocenters. The first kappa shape index (κ1) is 24.3. The van der Waals surface area contributed by atoms with Gasteiger partial charge in [0, 0.05) is 34.2 Å². The Balaban J connectivity index is 1.28. The monoisotopic (exact) mass is 513 g/mol. The summed E-state index contributed by atoms with van der Waals surface area (Å²) in [5.74, 6) is 0.642. The summed E-state index contributed by atoms with van der Waals surface area (Å²) in [6.45, 7) is 4.08. The highest BCUT2D eigenvalue weighted by Crippen LogP contribution is 2.42. The number of ether oxygens (including phenoxy) is 2. The number of pyridine rings is 2. The molecule has 1 amide bonds. The maximum atomic E-state index is 13.6. The summed E-state index contributed by atoms with van der Waals surface area (Å²) in [5, 5.41) is 15.1. The fraction of sp³-hybridized carbons (Fsp3) is 0.300. The predicted octanol–water partition coefficient (Wildman–Crippen LogP) is 5.11. The molecule has 38 heavy (non-hydrogen) atoms. The fourth-order valence-corrected chi connectivity index (χ4v) is 4.64. The molecule has 0 spiro atoms. The number of nitrogens with zero attached hydrogens (tertiary/aromatic N) is 2. The van der Waals surface area contributed by atoms with E-state index in [1.807, 2.05) is 25.1 Å². The molecule has 8 heteroatoms. The number of fused-ring (bicyclic) bond motifs is 2. The predicted molar refractivity (Wildman–Crippen MR) is 141 cm³/mol. The van der Waals surface area contributed by atoms with Gasteiger partial charge in [0.05, 0.1) is 24.9 Å². The van der Waals surface area contributed by atoms with E-state index in [-0.39, 0.29) is 30.3 Å². The van der Waals surface area contributed by atoms with Gasteiger partial charge in [-0.3, -0.25) is 9.78 Å². The average Bonchev–Trinajstić information content (AvgIpc) is 3.66. The second-order valence-corrected chi connectivity index (χ2v) is 10.3. The molecule has 1 aliphatic carbocycles. The van der Waals surface area contributed by atoms with Gasteiger partial charge in [0.25, 0.3) is 5.91 Å². The van der Waals surface area contributed by atoms with Gasteiger partial charge in [-0.1, -0.05) is 13.0 Å². The van der Waals surface area contributed by atoms with Gasteiger partial charge in [-0.2, -0.15) is 0 Å². The number of aliphatic hydroxyl groups is 1. The number of nitrogens with one attached hydrogen (secondary N) is 1. The Kier molecular flexibility index (Phi) is 5.99. The molecular weight excluding hydrogens is 485 g/mol. The summed E-state index contributed by atoms with van der Waals surface area (Å²) in [6.07, 6.45) is 3.84. The molecule has 0 bridgehead atoms. The number of benzene rings is 2. The second kappa shape index (κ2) is 9.36. The van der Waals surface area contributed by atoms with Crippen molar-refractivity contribution in [2.45, 2.75) is 44.3 Å². The van der Waals surface area contributed by atoms with E-state index in [0.717, 1.165) is 29.3 Å². The average molecular weight is 514 g/mol. The van der Waals surface area contributed by atoms with Gasteiger partial charge < -0.3 is 19.9 Å². The molecule has 6 rings (SSSR count). The zero-order valence-corrected chi connectivity index (χ0v) is 21.2. The van der Waals surface area contributed by atoms with Crippen molar-refractivity contribution in [3.63, 3.8) is 0 Å². The topological polar surface area (TPSA) is 93.6 Å². The van der Waals surface area contributed by atoms with Gasteiger partial charge >= 0.3 is 0 Å². The summed E-state index contributed by atoms with van der Waals surface area (Å²) in [7, 11) is 0. The largest absolute Gasteiger partial charge is 0.490 e. The molecule has 7 nitrogen and oxygen atoms in total. The lowest BCUT2D eigenvalue weighted by molar-refractivity contribution is 0.0489. The zero-order valence-electron chi connectivity index (χ0n) is 21.2. The standard InChI is InChI=1S/C30H28FN3O4/c1-17-15-37-28-23(17)14-25(34-27(28)18-5-7-21(31)8-6-18)30(2,36)16-33-29(35)20-12-19-4-3-11-32-26(19)24(13-20)38-22-9-10-22/h3-8,11-14,17,22,36H,9-10,15-16H2,1-2H3,(H,33,35)/t17-,30+/m1/s1. The van der Waals surface area contributed by atoms with Crippen molar-refractivity contribution in [1.29, 1.82) is 0 Å². The van der Waals surface area contributed by atoms with E-state index in [2.05, 4.69) is 10.3 Å². The molecule has 0 radical (unpaired) electrons. The smallest absolute Gasteiger partial charge is 0.251 e. The highest BCUT2D eigenvalue weighted by molar-refractivity contribution is 5.99. The Morgan fingerprint density at radius 2 is 2.00 bits per heavy atom. The maximum absolute atomic E-state index is 13.6. The van der Waals surface area contributed by atoms with Gasteiger partial charge in [-0.25, -0.2) is 9.37 Å². The van der Waals surface area contributed by atoms with Crippen molar-refractivity contribution in [1.82, 2.24) is 15.3 Å².